The van der Waals surface area contributed by atoms with Crippen LogP contribution in [0.4, 0.5) is 0 Å². The second-order valence-electron chi connectivity index (χ2n) is 4.88. The van der Waals surface area contributed by atoms with E-state index in [9.17, 15) is 13.2 Å². The van der Waals surface area contributed by atoms with Crippen LogP contribution in [-0.2, 0) is 14.8 Å². The van der Waals surface area contributed by atoms with E-state index in [-0.39, 0.29) is 29.0 Å². The Bertz CT molecular complexity index is 552. The first-order chi connectivity index (χ1) is 9.88. The monoisotopic (exact) mass is 368 g/mol. The maximum Gasteiger partial charge on any atom is 0.242 e. The highest BCUT2D eigenvalue weighted by Gasteiger charge is 2.26. The van der Waals surface area contributed by atoms with E-state index in [1.807, 2.05) is 0 Å². The van der Waals surface area contributed by atoms with Crippen molar-refractivity contribution in [1.82, 2.24) is 4.72 Å². The second kappa shape index (κ2) is 10.2. The highest BCUT2D eigenvalue weighted by molar-refractivity contribution is 7.89. The molecule has 0 aliphatic carbocycles. The zero-order valence-corrected chi connectivity index (χ0v) is 14.8. The van der Waals surface area contributed by atoms with Gasteiger partial charge in [0.1, 0.15) is 0 Å². The first-order valence-electron chi connectivity index (χ1n) is 6.83. The van der Waals surface area contributed by atoms with Gasteiger partial charge in [-0.1, -0.05) is 43.1 Å². The van der Waals surface area contributed by atoms with Crippen LogP contribution in [0.2, 0.25) is 0 Å². The number of nitrogens with two attached hydrogens (primary N) is 1. The molecule has 0 amide bonds. The average molecular weight is 369 g/mol. The first-order valence-corrected chi connectivity index (χ1v) is 8.75. The number of alkyl halides is 1. The number of sulfonamides is 1. The number of carbonyl (C=O) groups is 1. The van der Waals surface area contributed by atoms with Crippen LogP contribution in [0.1, 0.15) is 26.2 Å². The fourth-order valence-corrected chi connectivity index (χ4v) is 3.46. The fourth-order valence-electron chi connectivity index (χ4n) is 1.85. The molecule has 1 aromatic rings. The molecule has 0 saturated heterocycles. The number of rotatable bonds is 9. The largest absolute Gasteiger partial charge is 0.330 e. The lowest BCUT2D eigenvalue weighted by Gasteiger charge is -2.16. The summed E-state index contributed by atoms with van der Waals surface area (Å²) >= 11 is 5.91. The van der Waals surface area contributed by atoms with Crippen molar-refractivity contribution in [1.29, 1.82) is 0 Å². The third-order valence-corrected chi connectivity index (χ3v) is 5.03. The van der Waals surface area contributed by atoms with Crippen LogP contribution >= 0.6 is 24.0 Å². The Labute approximate surface area is 143 Å². The summed E-state index contributed by atoms with van der Waals surface area (Å²) in [6.45, 7) is 2.32. The zero-order chi connectivity index (χ0) is 15.9. The lowest BCUT2D eigenvalue weighted by atomic mass is 9.99. The van der Waals surface area contributed by atoms with Crippen molar-refractivity contribution in [2.45, 2.75) is 36.6 Å². The van der Waals surface area contributed by atoms with Crippen molar-refractivity contribution in [2.24, 2.45) is 11.7 Å². The molecule has 2 unspecified atom stereocenters. The molecule has 126 valence electrons. The van der Waals surface area contributed by atoms with Crippen molar-refractivity contribution >= 4 is 39.8 Å². The Kier molecular flexibility index (Phi) is 9.87. The van der Waals surface area contributed by atoms with Crippen LogP contribution in [0.25, 0.3) is 0 Å². The number of unbranched alkanes of at least 4 members (excludes halogenated alkanes) is 1. The molecule has 8 heteroatoms. The lowest BCUT2D eigenvalue weighted by Crippen LogP contribution is -2.39. The highest BCUT2D eigenvalue weighted by atomic mass is 35.5. The summed E-state index contributed by atoms with van der Waals surface area (Å²) < 4.78 is 26.3. The lowest BCUT2D eigenvalue weighted by molar-refractivity contribution is -0.122. The Balaban J connectivity index is 0.00000441. The van der Waals surface area contributed by atoms with E-state index in [4.69, 9.17) is 17.3 Å². The molecule has 2 atom stereocenters. The van der Waals surface area contributed by atoms with Crippen LogP contribution < -0.4 is 10.5 Å². The number of halogens is 2. The molecule has 3 N–H and O–H groups in total. The molecule has 0 radical (unpaired) electrons. The zero-order valence-electron chi connectivity index (χ0n) is 12.4. The summed E-state index contributed by atoms with van der Waals surface area (Å²) in [6.07, 6.45) is 2.30. The van der Waals surface area contributed by atoms with Gasteiger partial charge in [0.25, 0.3) is 0 Å². The smallest absolute Gasteiger partial charge is 0.242 e. The minimum absolute atomic E-state index is 0. The molecule has 0 aliphatic rings. The molecule has 0 saturated carbocycles. The summed E-state index contributed by atoms with van der Waals surface area (Å²) in [5, 5.41) is 0. The van der Waals surface area contributed by atoms with Gasteiger partial charge in [-0.05, 0) is 31.5 Å². The van der Waals surface area contributed by atoms with E-state index in [0.29, 0.717) is 13.0 Å². The molecule has 22 heavy (non-hydrogen) atoms. The fraction of sp³-hybridized carbons (Fsp3) is 0.500. The van der Waals surface area contributed by atoms with Gasteiger partial charge in [0, 0.05) is 5.92 Å². The Hall–Kier alpha value is -0.660. The number of benzene rings is 1. The minimum Gasteiger partial charge on any atom is -0.330 e. The quantitative estimate of drug-likeness (QED) is 0.397. The van der Waals surface area contributed by atoms with Crippen LogP contribution in [0.15, 0.2) is 35.2 Å². The van der Waals surface area contributed by atoms with Gasteiger partial charge in [0.15, 0.2) is 11.3 Å². The second-order valence-corrected chi connectivity index (χ2v) is 7.04. The predicted octanol–water partition coefficient (Wildman–Crippen LogP) is 2.29. The normalized spacial score (nSPS) is 14.0. The van der Waals surface area contributed by atoms with Gasteiger partial charge in [-0.25, -0.2) is 8.42 Å². The summed E-state index contributed by atoms with van der Waals surface area (Å²) in [7, 11) is -3.79. The summed E-state index contributed by atoms with van der Waals surface area (Å²) in [5.74, 6) is -0.634. The molecule has 0 fully saturated rings. The molecule has 0 heterocycles. The van der Waals surface area contributed by atoms with E-state index in [1.54, 1.807) is 25.1 Å². The van der Waals surface area contributed by atoms with Crippen molar-refractivity contribution in [2.75, 3.05) is 6.54 Å². The number of nitrogens with one attached hydrogen (secondary N) is 1. The number of ketones is 1. The third-order valence-electron chi connectivity index (χ3n) is 3.14. The van der Waals surface area contributed by atoms with Crippen LogP contribution in [0.5, 0.6) is 0 Å². The van der Waals surface area contributed by atoms with Gasteiger partial charge < -0.3 is 5.73 Å². The standard InChI is InChI=1S/C14H21ClN2O3S.ClH/c1-11(7-5-6-10-16)13(18)14(15)17-21(19,20)12-8-3-2-4-9-12;/h2-4,8-9,11,14,17H,5-7,10,16H2,1H3;1H. The van der Waals surface area contributed by atoms with Gasteiger partial charge in [0.05, 0.1) is 4.90 Å². The van der Waals surface area contributed by atoms with Gasteiger partial charge in [-0.15, -0.1) is 12.4 Å². The van der Waals surface area contributed by atoms with E-state index >= 15 is 0 Å². The van der Waals surface area contributed by atoms with Crippen molar-refractivity contribution < 1.29 is 13.2 Å². The molecular weight excluding hydrogens is 347 g/mol. The molecule has 0 aromatic heterocycles. The molecule has 5 nitrogen and oxygen atoms in total. The van der Waals surface area contributed by atoms with Crippen molar-refractivity contribution in [3.63, 3.8) is 0 Å². The first kappa shape index (κ1) is 21.3. The average Bonchev–Trinajstić information content (AvgIpc) is 2.47. The SMILES string of the molecule is CC(CCCCN)C(=O)C(Cl)NS(=O)(=O)c1ccccc1.Cl. The van der Waals surface area contributed by atoms with E-state index in [2.05, 4.69) is 4.72 Å². The molecular formula is C14H22Cl2N2O3S. The Morgan fingerprint density at radius 1 is 1.27 bits per heavy atom. The molecule has 1 rings (SSSR count). The molecule has 0 bridgehead atoms. The van der Waals surface area contributed by atoms with E-state index in [0.717, 1.165) is 12.8 Å². The highest BCUT2D eigenvalue weighted by Crippen LogP contribution is 2.15. The minimum atomic E-state index is -3.79. The Morgan fingerprint density at radius 3 is 2.41 bits per heavy atom. The van der Waals surface area contributed by atoms with Crippen molar-refractivity contribution in [3.05, 3.63) is 30.3 Å². The van der Waals surface area contributed by atoms with Crippen LogP contribution in [0.3, 0.4) is 0 Å². The van der Waals surface area contributed by atoms with Crippen LogP contribution in [-0.4, -0.2) is 26.2 Å². The predicted molar refractivity (Wildman–Crippen MR) is 90.7 cm³/mol. The molecule has 0 aliphatic heterocycles. The van der Waals surface area contributed by atoms with Crippen LogP contribution in [0, 0.1) is 5.92 Å². The number of hydrogen-bond donors (Lipinski definition) is 2. The van der Waals surface area contributed by atoms with Gasteiger partial charge in [-0.2, -0.15) is 4.72 Å². The Morgan fingerprint density at radius 2 is 1.86 bits per heavy atom. The maximum atomic E-state index is 12.1. The molecule has 1 aromatic carbocycles. The number of hydrogen-bond acceptors (Lipinski definition) is 4. The van der Waals surface area contributed by atoms with E-state index < -0.39 is 15.5 Å². The third kappa shape index (κ3) is 6.62. The maximum absolute atomic E-state index is 12.1. The van der Waals surface area contributed by atoms with E-state index in [1.165, 1.54) is 12.1 Å². The summed E-state index contributed by atoms with van der Waals surface area (Å²) in [6, 6.07) is 7.81. The van der Waals surface area contributed by atoms with Gasteiger partial charge in [-0.3, -0.25) is 4.79 Å². The van der Waals surface area contributed by atoms with Gasteiger partial charge in [0.2, 0.25) is 10.0 Å². The number of Topliss-reactive ketones (excluding diaryl/α,β-unsaturated/α-hetero) is 1. The summed E-state index contributed by atoms with van der Waals surface area (Å²) in [4.78, 5) is 12.1. The molecule has 0 spiro atoms. The van der Waals surface area contributed by atoms with Gasteiger partial charge >= 0.3 is 0 Å². The van der Waals surface area contributed by atoms with Crippen molar-refractivity contribution in [3.8, 4) is 0 Å². The number of carbonyl (C=O) groups excluding carboxylic acids is 1. The topological polar surface area (TPSA) is 89.3 Å². The summed E-state index contributed by atoms with van der Waals surface area (Å²) in [5.41, 5.74) is 4.13.